The highest BCUT2D eigenvalue weighted by Gasteiger charge is 2.24. The SMILES string of the molecule is CC/C=C\C/C=C\C/C=C\C/C=C\C/C=C\C/C=C\C/C=C\C/C=C\CCCCCCCCCCCCCCC(=O)NC(COP(=O)([O-])OCC[N+](C)(C)C)C(O)CCCCCCC. The molecule has 0 spiro atoms. The summed E-state index contributed by atoms with van der Waals surface area (Å²) in [7, 11) is 1.29. The molecule has 0 saturated carbocycles. The van der Waals surface area contributed by atoms with Crippen LogP contribution < -0.4 is 10.2 Å². The zero-order valence-corrected chi connectivity index (χ0v) is 42.6. The number of carbonyl (C=O) groups is 1. The van der Waals surface area contributed by atoms with Gasteiger partial charge in [-0.25, -0.2) is 0 Å². The number of nitrogens with one attached hydrogen (secondary N) is 1. The Bertz CT molecular complexity index is 1360. The molecule has 1 amide bonds. The number of hydrogen-bond donors (Lipinski definition) is 2. The van der Waals surface area contributed by atoms with Crippen molar-refractivity contribution in [1.82, 2.24) is 5.32 Å². The van der Waals surface area contributed by atoms with Crippen LogP contribution in [0.3, 0.4) is 0 Å². The van der Waals surface area contributed by atoms with Crippen molar-refractivity contribution in [3.8, 4) is 0 Å². The fraction of sp³-hybridized carbons (Fsp3) is 0.691. The largest absolute Gasteiger partial charge is 0.756 e. The van der Waals surface area contributed by atoms with Gasteiger partial charge in [0.05, 0.1) is 39.9 Å². The van der Waals surface area contributed by atoms with Crippen molar-refractivity contribution < 1.29 is 32.9 Å². The van der Waals surface area contributed by atoms with Crippen LogP contribution in [0.5, 0.6) is 0 Å². The topological polar surface area (TPSA) is 108 Å². The Hall–Kier alpha value is -2.58. The minimum Gasteiger partial charge on any atom is -0.756 e. The summed E-state index contributed by atoms with van der Waals surface area (Å²) >= 11 is 0. The van der Waals surface area contributed by atoms with E-state index in [0.717, 1.165) is 103 Å². The summed E-state index contributed by atoms with van der Waals surface area (Å²) in [4.78, 5) is 25.2. The van der Waals surface area contributed by atoms with Gasteiger partial charge in [0.2, 0.25) is 5.91 Å². The fourth-order valence-electron chi connectivity index (χ4n) is 6.82. The van der Waals surface area contributed by atoms with E-state index >= 15 is 0 Å². The van der Waals surface area contributed by atoms with E-state index < -0.39 is 20.0 Å². The molecular weight excluding hydrogens is 816 g/mol. The van der Waals surface area contributed by atoms with E-state index in [1.807, 2.05) is 21.1 Å². The Morgan fingerprint density at radius 2 is 0.953 bits per heavy atom. The summed E-state index contributed by atoms with van der Waals surface area (Å²) in [5.74, 6) is -0.179. The van der Waals surface area contributed by atoms with Crippen LogP contribution in [0.15, 0.2) is 97.2 Å². The normalized spacial score (nSPS) is 14.9. The van der Waals surface area contributed by atoms with Gasteiger partial charge in [-0.15, -0.1) is 0 Å². The fourth-order valence-corrected chi connectivity index (χ4v) is 7.54. The van der Waals surface area contributed by atoms with Crippen molar-refractivity contribution in [2.45, 2.75) is 206 Å². The summed E-state index contributed by atoms with van der Waals surface area (Å²) in [6.07, 6.45) is 64.9. The van der Waals surface area contributed by atoms with Gasteiger partial charge in [0.15, 0.2) is 0 Å². The molecule has 0 fully saturated rings. The lowest BCUT2D eigenvalue weighted by Gasteiger charge is -2.30. The molecule has 3 atom stereocenters. The molecular formula is C55H97N2O6P. The van der Waals surface area contributed by atoms with Gasteiger partial charge in [-0.2, -0.15) is 0 Å². The third-order valence-corrected chi connectivity index (χ3v) is 11.8. The lowest BCUT2D eigenvalue weighted by molar-refractivity contribution is -0.870. The number of rotatable bonds is 45. The van der Waals surface area contributed by atoms with Crippen molar-refractivity contribution in [1.29, 1.82) is 0 Å². The average Bonchev–Trinajstić information content (AvgIpc) is 3.25. The molecule has 0 heterocycles. The number of aliphatic hydroxyl groups excluding tert-OH is 1. The smallest absolute Gasteiger partial charge is 0.268 e. The molecule has 3 unspecified atom stereocenters. The number of quaternary nitrogens is 1. The van der Waals surface area contributed by atoms with Crippen molar-refractivity contribution in [2.24, 2.45) is 0 Å². The van der Waals surface area contributed by atoms with Crippen molar-refractivity contribution in [3.63, 3.8) is 0 Å². The number of aliphatic hydroxyl groups is 1. The van der Waals surface area contributed by atoms with Gasteiger partial charge in [0.1, 0.15) is 13.2 Å². The molecule has 0 saturated heterocycles. The molecule has 0 aliphatic heterocycles. The van der Waals surface area contributed by atoms with Gasteiger partial charge in [0, 0.05) is 6.42 Å². The van der Waals surface area contributed by atoms with E-state index in [1.54, 1.807) is 0 Å². The molecule has 0 radical (unpaired) electrons. The summed E-state index contributed by atoms with van der Waals surface area (Å²) in [6, 6.07) is -0.802. The standard InChI is InChI=1S/C55H97N2O6P/c1-6-8-10-12-13-14-15-16-17-18-19-20-21-22-23-24-25-26-27-28-29-30-31-32-33-34-35-36-37-38-39-40-41-42-43-45-47-49-55(59)56-53(54(58)48-46-44-11-9-7-2)52-63-64(60,61)62-51-50-57(3,4)5/h8,10,13-14,16-17,19-20,22-23,25-26,28-29,31-32,53-54,58H,6-7,9,11-12,15,18,21,24,27,30,33-52H2,1-5H3,(H-,56,59,60,61)/b10-8-,14-13-,17-16-,20-19-,23-22-,26-25-,29-28-,32-31-. The molecule has 0 aliphatic rings. The molecule has 0 aromatic heterocycles. The van der Waals surface area contributed by atoms with E-state index in [1.165, 1.54) is 64.2 Å². The monoisotopic (exact) mass is 913 g/mol. The lowest BCUT2D eigenvalue weighted by Crippen LogP contribution is -2.46. The first-order valence-corrected chi connectivity index (χ1v) is 27.0. The summed E-state index contributed by atoms with van der Waals surface area (Å²) < 4.78 is 23.1. The van der Waals surface area contributed by atoms with Crippen LogP contribution in [0, 0.1) is 0 Å². The van der Waals surface area contributed by atoms with E-state index in [4.69, 9.17) is 9.05 Å². The molecule has 0 aromatic carbocycles. The Balaban J connectivity index is 3.89. The highest BCUT2D eigenvalue weighted by atomic mass is 31.2. The quantitative estimate of drug-likeness (QED) is 0.0273. The van der Waals surface area contributed by atoms with Crippen LogP contribution in [0.1, 0.15) is 194 Å². The molecule has 0 bridgehead atoms. The van der Waals surface area contributed by atoms with Gasteiger partial charge in [-0.3, -0.25) is 9.36 Å². The first-order chi connectivity index (χ1) is 31.0. The molecule has 2 N–H and O–H groups in total. The number of phosphoric ester groups is 1. The molecule has 9 heteroatoms. The van der Waals surface area contributed by atoms with Gasteiger partial charge < -0.3 is 28.8 Å². The third-order valence-electron chi connectivity index (χ3n) is 10.8. The van der Waals surface area contributed by atoms with Crippen molar-refractivity contribution in [3.05, 3.63) is 97.2 Å². The van der Waals surface area contributed by atoms with Crippen LogP contribution in [0.2, 0.25) is 0 Å². The van der Waals surface area contributed by atoms with E-state index in [9.17, 15) is 19.4 Å². The third kappa shape index (κ3) is 47.4. The van der Waals surface area contributed by atoms with Crippen molar-refractivity contribution in [2.75, 3.05) is 40.9 Å². The number of unbranched alkanes of at least 4 members (excludes halogenated alkanes) is 16. The second kappa shape index (κ2) is 45.6. The first kappa shape index (κ1) is 61.4. The average molecular weight is 913 g/mol. The van der Waals surface area contributed by atoms with Gasteiger partial charge in [-0.05, 0) is 77.0 Å². The number of amides is 1. The molecule has 0 aromatic rings. The number of hydrogen-bond acceptors (Lipinski definition) is 6. The van der Waals surface area contributed by atoms with Crippen LogP contribution in [0.4, 0.5) is 0 Å². The predicted molar refractivity (Wildman–Crippen MR) is 274 cm³/mol. The maximum absolute atomic E-state index is 12.8. The number of likely N-dealkylation sites (N-methyl/N-ethyl adjacent to an activating group) is 1. The predicted octanol–water partition coefficient (Wildman–Crippen LogP) is 14.5. The Labute approximate surface area is 394 Å². The Morgan fingerprint density at radius 3 is 1.39 bits per heavy atom. The number of carbonyl (C=O) groups excluding carboxylic acids is 1. The summed E-state index contributed by atoms with van der Waals surface area (Å²) in [6.45, 7) is 4.49. The highest BCUT2D eigenvalue weighted by molar-refractivity contribution is 7.45. The zero-order valence-electron chi connectivity index (χ0n) is 41.7. The summed E-state index contributed by atoms with van der Waals surface area (Å²) in [5, 5.41) is 13.7. The van der Waals surface area contributed by atoms with E-state index in [2.05, 4.69) is 116 Å². The second-order valence-corrected chi connectivity index (χ2v) is 19.6. The number of phosphoric acid groups is 1. The zero-order chi connectivity index (χ0) is 47.1. The number of nitrogens with zero attached hydrogens (tertiary/aromatic N) is 1. The molecule has 8 nitrogen and oxygen atoms in total. The van der Waals surface area contributed by atoms with Crippen LogP contribution >= 0.6 is 7.82 Å². The summed E-state index contributed by atoms with van der Waals surface area (Å²) in [5.41, 5.74) is 0. The molecule has 0 rings (SSSR count). The molecule has 0 aliphatic carbocycles. The second-order valence-electron chi connectivity index (χ2n) is 18.1. The van der Waals surface area contributed by atoms with Crippen LogP contribution in [-0.4, -0.2) is 68.5 Å². The number of allylic oxidation sites excluding steroid dienone is 16. The lowest BCUT2D eigenvalue weighted by atomic mass is 10.0. The molecule has 368 valence electrons. The van der Waals surface area contributed by atoms with Crippen LogP contribution in [-0.2, 0) is 18.4 Å². The van der Waals surface area contributed by atoms with Gasteiger partial charge in [-0.1, -0.05) is 207 Å². The molecule has 64 heavy (non-hydrogen) atoms. The van der Waals surface area contributed by atoms with Crippen molar-refractivity contribution >= 4 is 13.7 Å². The van der Waals surface area contributed by atoms with Gasteiger partial charge >= 0.3 is 0 Å². The van der Waals surface area contributed by atoms with Gasteiger partial charge in [0.25, 0.3) is 7.82 Å². The maximum atomic E-state index is 12.8. The Kier molecular flexibility index (Phi) is 43.7. The highest BCUT2D eigenvalue weighted by Crippen LogP contribution is 2.38. The maximum Gasteiger partial charge on any atom is 0.268 e. The van der Waals surface area contributed by atoms with E-state index in [0.29, 0.717) is 23.9 Å². The van der Waals surface area contributed by atoms with Crippen LogP contribution in [0.25, 0.3) is 0 Å². The minimum absolute atomic E-state index is 0.00705. The Morgan fingerprint density at radius 1 is 0.562 bits per heavy atom. The van der Waals surface area contributed by atoms with E-state index in [-0.39, 0.29) is 19.1 Å². The first-order valence-electron chi connectivity index (χ1n) is 25.6. The minimum atomic E-state index is -4.55.